The minimum atomic E-state index is -0.448. The van der Waals surface area contributed by atoms with E-state index in [4.69, 9.17) is 0 Å². The fourth-order valence-corrected chi connectivity index (χ4v) is 0.596. The molecule has 0 aromatic heterocycles. The third kappa shape index (κ3) is 5.75. The minimum absolute atomic E-state index is 0.137. The lowest BCUT2D eigenvalue weighted by molar-refractivity contribution is -0.144. The van der Waals surface area contributed by atoms with E-state index in [0.29, 0.717) is 12.9 Å². The zero-order valence-electron chi connectivity index (χ0n) is 5.51. The summed E-state index contributed by atoms with van der Waals surface area (Å²) in [5, 5.41) is 0.807. The fraction of sp³-hybridized carbons (Fsp3) is 0.667. The van der Waals surface area contributed by atoms with Crippen LogP contribution in [-0.4, -0.2) is 24.2 Å². The topological polar surface area (TPSA) is 43.4 Å². The Balaban J connectivity index is 3.13. The molecule has 0 N–H and O–H groups in total. The van der Waals surface area contributed by atoms with Gasteiger partial charge in [-0.2, -0.15) is 0 Å². The number of rotatable bonds is 5. The Labute approximate surface area is 67.9 Å². The summed E-state index contributed by atoms with van der Waals surface area (Å²) < 4.78 is 4.62. The molecular weight excluding hydrogens is 200 g/mol. The maximum absolute atomic E-state index is 10.4. The molecule has 0 spiro atoms. The second-order valence-corrected chi connectivity index (χ2v) is 2.43. The number of aldehydes is 1. The van der Waals surface area contributed by atoms with Crippen LogP contribution in [0.15, 0.2) is 0 Å². The van der Waals surface area contributed by atoms with Crippen LogP contribution in [0, 0.1) is 0 Å². The zero-order valence-corrected chi connectivity index (χ0v) is 7.09. The first-order valence-corrected chi connectivity index (χ1v) is 4.08. The van der Waals surface area contributed by atoms with Crippen molar-refractivity contribution in [1.82, 2.24) is 0 Å². The summed E-state index contributed by atoms with van der Waals surface area (Å²) in [6.45, 7) is 0.387. The summed E-state index contributed by atoms with van der Waals surface area (Å²) in [5.41, 5.74) is 0. The Morgan fingerprint density at radius 3 is 2.80 bits per heavy atom. The summed E-state index contributed by atoms with van der Waals surface area (Å²) >= 11 is 3.18. The zero-order chi connectivity index (χ0) is 7.82. The third-order valence-corrected chi connectivity index (χ3v) is 1.35. The van der Waals surface area contributed by atoms with Crippen molar-refractivity contribution in [3.63, 3.8) is 0 Å². The highest BCUT2D eigenvalue weighted by Gasteiger charge is 1.98. The summed E-state index contributed by atoms with van der Waals surface area (Å²) in [4.78, 5) is 20.2. The summed E-state index contributed by atoms with van der Waals surface area (Å²) in [6.07, 6.45) is 1.18. The van der Waals surface area contributed by atoms with Gasteiger partial charge in [-0.05, 0) is 6.42 Å². The molecule has 10 heavy (non-hydrogen) atoms. The molecule has 0 radical (unpaired) electrons. The number of ether oxygens (including phenoxy) is 1. The van der Waals surface area contributed by atoms with Crippen LogP contribution in [-0.2, 0) is 14.3 Å². The second-order valence-electron chi connectivity index (χ2n) is 1.63. The van der Waals surface area contributed by atoms with Gasteiger partial charge in [0.05, 0.1) is 6.61 Å². The maximum atomic E-state index is 10.4. The first kappa shape index (κ1) is 9.62. The van der Waals surface area contributed by atoms with Gasteiger partial charge in [0.2, 0.25) is 0 Å². The quantitative estimate of drug-likeness (QED) is 0.222. The SMILES string of the molecule is O=CCC(=O)OCCCBr. The van der Waals surface area contributed by atoms with E-state index < -0.39 is 5.97 Å². The molecule has 0 aliphatic heterocycles. The van der Waals surface area contributed by atoms with Gasteiger partial charge in [0.25, 0.3) is 0 Å². The van der Waals surface area contributed by atoms with Crippen LogP contribution in [0.3, 0.4) is 0 Å². The van der Waals surface area contributed by atoms with Crippen LogP contribution in [0.4, 0.5) is 0 Å². The van der Waals surface area contributed by atoms with Gasteiger partial charge in [-0.3, -0.25) is 4.79 Å². The number of esters is 1. The average Bonchev–Trinajstić information content (AvgIpc) is 1.89. The number of hydrogen-bond acceptors (Lipinski definition) is 3. The van der Waals surface area contributed by atoms with E-state index in [1.54, 1.807) is 0 Å². The monoisotopic (exact) mass is 208 g/mol. The molecule has 0 fully saturated rings. The molecule has 0 bridgehead atoms. The standard InChI is InChI=1S/C6H9BrO3/c7-3-1-5-10-6(9)2-4-8/h4H,1-3,5H2. The molecule has 3 nitrogen and oxygen atoms in total. The van der Waals surface area contributed by atoms with Crippen LogP contribution >= 0.6 is 15.9 Å². The van der Waals surface area contributed by atoms with Crippen molar-refractivity contribution in [2.75, 3.05) is 11.9 Å². The highest BCUT2D eigenvalue weighted by Crippen LogP contribution is 1.90. The second kappa shape index (κ2) is 6.74. The number of halogens is 1. The van der Waals surface area contributed by atoms with Gasteiger partial charge in [-0.25, -0.2) is 0 Å². The number of carbonyl (C=O) groups excluding carboxylic acids is 2. The Morgan fingerprint density at radius 2 is 2.30 bits per heavy atom. The normalized spacial score (nSPS) is 8.90. The highest BCUT2D eigenvalue weighted by molar-refractivity contribution is 9.09. The lowest BCUT2D eigenvalue weighted by atomic mass is 10.5. The van der Waals surface area contributed by atoms with Crippen molar-refractivity contribution in [3.8, 4) is 0 Å². The van der Waals surface area contributed by atoms with Gasteiger partial charge in [-0.15, -0.1) is 0 Å². The van der Waals surface area contributed by atoms with Crippen molar-refractivity contribution >= 4 is 28.2 Å². The summed E-state index contributed by atoms with van der Waals surface area (Å²) in [5.74, 6) is -0.448. The third-order valence-electron chi connectivity index (χ3n) is 0.791. The molecule has 0 saturated carbocycles. The van der Waals surface area contributed by atoms with Crippen molar-refractivity contribution in [2.24, 2.45) is 0 Å². The summed E-state index contributed by atoms with van der Waals surface area (Å²) in [6, 6.07) is 0. The molecule has 0 aliphatic rings. The lowest BCUT2D eigenvalue weighted by Gasteiger charge is -1.98. The van der Waals surface area contributed by atoms with Crippen LogP contribution in [0.1, 0.15) is 12.8 Å². The molecular formula is C6H9BrO3. The van der Waals surface area contributed by atoms with Crippen molar-refractivity contribution in [1.29, 1.82) is 0 Å². The van der Waals surface area contributed by atoms with Crippen LogP contribution in [0.25, 0.3) is 0 Å². The van der Waals surface area contributed by atoms with Crippen molar-refractivity contribution < 1.29 is 14.3 Å². The van der Waals surface area contributed by atoms with E-state index in [-0.39, 0.29) is 6.42 Å². The van der Waals surface area contributed by atoms with Gasteiger partial charge in [0.1, 0.15) is 12.7 Å². The number of carbonyl (C=O) groups is 2. The van der Waals surface area contributed by atoms with E-state index in [1.165, 1.54) is 0 Å². The Kier molecular flexibility index (Phi) is 6.48. The molecule has 0 atom stereocenters. The van der Waals surface area contributed by atoms with E-state index in [2.05, 4.69) is 20.7 Å². The molecule has 0 aromatic rings. The highest BCUT2D eigenvalue weighted by atomic mass is 79.9. The molecule has 0 unspecified atom stereocenters. The van der Waals surface area contributed by atoms with Crippen LogP contribution in [0.5, 0.6) is 0 Å². The molecule has 4 heteroatoms. The van der Waals surface area contributed by atoms with E-state index in [0.717, 1.165) is 11.8 Å². The molecule has 0 heterocycles. The Morgan fingerprint density at radius 1 is 1.60 bits per heavy atom. The van der Waals surface area contributed by atoms with Crippen LogP contribution < -0.4 is 0 Å². The van der Waals surface area contributed by atoms with Crippen molar-refractivity contribution in [2.45, 2.75) is 12.8 Å². The predicted molar refractivity (Wildman–Crippen MR) is 40.1 cm³/mol. The van der Waals surface area contributed by atoms with Gasteiger partial charge >= 0.3 is 5.97 Å². The van der Waals surface area contributed by atoms with Gasteiger partial charge in [0, 0.05) is 5.33 Å². The first-order valence-electron chi connectivity index (χ1n) is 2.96. The summed E-state index contributed by atoms with van der Waals surface area (Å²) in [7, 11) is 0. The average molecular weight is 209 g/mol. The van der Waals surface area contributed by atoms with E-state index >= 15 is 0 Å². The van der Waals surface area contributed by atoms with Gasteiger partial charge < -0.3 is 9.53 Å². The van der Waals surface area contributed by atoms with Gasteiger partial charge in [0.15, 0.2) is 0 Å². The molecule has 0 aromatic carbocycles. The molecule has 58 valence electrons. The van der Waals surface area contributed by atoms with E-state index in [9.17, 15) is 9.59 Å². The minimum Gasteiger partial charge on any atom is -0.465 e. The van der Waals surface area contributed by atoms with Crippen molar-refractivity contribution in [3.05, 3.63) is 0 Å². The Hall–Kier alpha value is -0.380. The molecule has 0 saturated heterocycles. The smallest absolute Gasteiger partial charge is 0.313 e. The lowest BCUT2D eigenvalue weighted by Crippen LogP contribution is -2.05. The first-order chi connectivity index (χ1) is 4.81. The number of alkyl halides is 1. The largest absolute Gasteiger partial charge is 0.465 e. The van der Waals surface area contributed by atoms with Crippen LogP contribution in [0.2, 0.25) is 0 Å². The molecule has 0 rings (SSSR count). The predicted octanol–water partition coefficient (Wildman–Crippen LogP) is 0.904. The molecule has 0 aliphatic carbocycles. The van der Waals surface area contributed by atoms with Gasteiger partial charge in [-0.1, -0.05) is 15.9 Å². The Bertz CT molecular complexity index is 114. The fourth-order valence-electron chi connectivity index (χ4n) is 0.368. The molecule has 0 amide bonds. The maximum Gasteiger partial charge on any atom is 0.313 e. The van der Waals surface area contributed by atoms with E-state index in [1.807, 2.05) is 0 Å². The number of hydrogen-bond donors (Lipinski definition) is 0.